The zero-order valence-electron chi connectivity index (χ0n) is 36.6. The Labute approximate surface area is 343 Å². The molecule has 0 bridgehead atoms. The van der Waals surface area contributed by atoms with Crippen molar-refractivity contribution in [3.63, 3.8) is 0 Å². The molecule has 1 aromatic heterocycles. The number of unbranched alkanes of at least 4 members (excludes halogenated alkanes) is 27. The Balaban J connectivity index is 2.05. The molecule has 0 aliphatic carbocycles. The van der Waals surface area contributed by atoms with Crippen molar-refractivity contribution in [2.24, 2.45) is 0 Å². The van der Waals surface area contributed by atoms with Crippen molar-refractivity contribution >= 4 is 5.97 Å². The summed E-state index contributed by atoms with van der Waals surface area (Å²) in [5.41, 5.74) is 1.68. The van der Waals surface area contributed by atoms with Gasteiger partial charge in [-0.15, -0.1) is 5.10 Å². The molecule has 0 atom stereocenters. The number of carbonyl (C=O) groups is 1. The highest BCUT2D eigenvalue weighted by molar-refractivity contribution is 5.66. The van der Waals surface area contributed by atoms with Crippen LogP contribution >= 0.6 is 0 Å². The maximum absolute atomic E-state index is 11.1. The van der Waals surface area contributed by atoms with E-state index in [4.69, 9.17) is 19.3 Å². The van der Waals surface area contributed by atoms with Crippen LogP contribution < -0.4 is 14.2 Å². The number of rotatable bonds is 41. The molecule has 8 nitrogen and oxygen atoms in total. The highest BCUT2D eigenvalue weighted by Crippen LogP contribution is 2.40. The van der Waals surface area contributed by atoms with Crippen molar-refractivity contribution in [1.29, 1.82) is 0 Å². The third-order valence-electron chi connectivity index (χ3n) is 10.9. The Hall–Kier alpha value is -2.77. The fourth-order valence-corrected chi connectivity index (χ4v) is 7.34. The maximum Gasteiger partial charge on any atom is 0.303 e. The third kappa shape index (κ3) is 26.2. The summed E-state index contributed by atoms with van der Waals surface area (Å²) in [6.45, 7) is 9.26. The predicted molar refractivity (Wildman–Crippen MR) is 234 cm³/mol. The number of carboxylic acids is 1. The van der Waals surface area contributed by atoms with Gasteiger partial charge in [0.15, 0.2) is 11.5 Å². The lowest BCUT2D eigenvalue weighted by Crippen LogP contribution is -2.08. The summed E-state index contributed by atoms with van der Waals surface area (Å²) < 4.78 is 21.4. The van der Waals surface area contributed by atoms with Gasteiger partial charge in [0.05, 0.1) is 38.5 Å². The average molecular weight is 784 g/mol. The first kappa shape index (κ1) is 49.4. The molecule has 1 heterocycles. The fourth-order valence-electron chi connectivity index (χ4n) is 7.34. The minimum Gasteiger partial charge on any atom is -0.490 e. The van der Waals surface area contributed by atoms with Gasteiger partial charge in [-0.25, -0.2) is 4.68 Å². The number of carboxylic acid groups (broad SMARTS) is 1. The summed E-state index contributed by atoms with van der Waals surface area (Å²) in [7, 11) is 0. The van der Waals surface area contributed by atoms with Gasteiger partial charge < -0.3 is 19.3 Å². The van der Waals surface area contributed by atoms with E-state index in [0.29, 0.717) is 38.5 Å². The molecule has 0 unspecified atom stereocenters. The lowest BCUT2D eigenvalue weighted by Gasteiger charge is -2.19. The molecule has 0 spiro atoms. The minimum atomic E-state index is -0.832. The molecule has 0 aliphatic heterocycles. The number of aliphatic carboxylic acids is 1. The summed E-state index contributed by atoms with van der Waals surface area (Å²) in [4.78, 5) is 11.1. The Morgan fingerprint density at radius 1 is 0.536 bits per heavy atom. The summed E-state index contributed by atoms with van der Waals surface area (Å²) >= 11 is 0. The molecular formula is C48H85N3O5. The molecule has 0 aliphatic rings. The van der Waals surface area contributed by atoms with Crippen LogP contribution in [0.3, 0.4) is 0 Å². The number of benzene rings is 1. The molecule has 2 rings (SSSR count). The second-order valence-corrected chi connectivity index (χ2v) is 16.3. The standard InChI is InChI=1S/C48H85N3O5/c1-4-7-10-13-16-19-22-25-28-31-36-54-45-39-43(41-51-42-44(49-50-51)34-35-47(52)53)40-46(55-37-32-29-26-23-20-17-14-11-8-5-2)48(45)56-38-33-30-27-24-21-18-15-12-9-6-3/h39-40,42H,4-38,41H2,1-3H3,(H,52,53). The molecular weight excluding hydrogens is 699 g/mol. The van der Waals surface area contributed by atoms with E-state index in [0.717, 1.165) is 42.1 Å². The molecule has 0 saturated carbocycles. The van der Waals surface area contributed by atoms with Gasteiger partial charge in [-0.3, -0.25) is 4.79 Å². The van der Waals surface area contributed by atoms with Gasteiger partial charge in [0.1, 0.15) is 0 Å². The van der Waals surface area contributed by atoms with E-state index in [1.54, 1.807) is 4.68 Å². The Kier molecular flexibility index (Phi) is 31.2. The van der Waals surface area contributed by atoms with E-state index in [1.165, 1.54) is 173 Å². The van der Waals surface area contributed by atoms with Crippen LogP contribution in [0.25, 0.3) is 0 Å². The third-order valence-corrected chi connectivity index (χ3v) is 10.9. The van der Waals surface area contributed by atoms with Gasteiger partial charge in [-0.1, -0.05) is 199 Å². The first-order chi connectivity index (χ1) is 27.6. The SMILES string of the molecule is CCCCCCCCCCCCOc1cc(Cn2cc(CCC(=O)O)nn2)cc(OCCCCCCCCCCCC)c1OCCCCCCCCCCCC. The quantitative estimate of drug-likeness (QED) is 0.0671. The number of hydrogen-bond donors (Lipinski definition) is 1. The number of nitrogens with zero attached hydrogens (tertiary/aromatic N) is 3. The molecule has 0 fully saturated rings. The van der Waals surface area contributed by atoms with E-state index < -0.39 is 5.97 Å². The van der Waals surface area contributed by atoms with Gasteiger partial charge in [0.2, 0.25) is 5.75 Å². The molecule has 8 heteroatoms. The normalized spacial score (nSPS) is 11.3. The van der Waals surface area contributed by atoms with Crippen molar-refractivity contribution in [1.82, 2.24) is 15.0 Å². The minimum absolute atomic E-state index is 0.0394. The molecule has 0 radical (unpaired) electrons. The van der Waals surface area contributed by atoms with E-state index in [-0.39, 0.29) is 6.42 Å². The van der Waals surface area contributed by atoms with E-state index >= 15 is 0 Å². The van der Waals surface area contributed by atoms with Gasteiger partial charge in [-0.05, 0) is 37.0 Å². The van der Waals surface area contributed by atoms with E-state index in [2.05, 4.69) is 43.2 Å². The van der Waals surface area contributed by atoms with Gasteiger partial charge in [0, 0.05) is 12.6 Å². The fraction of sp³-hybridized carbons (Fsp3) is 0.812. The van der Waals surface area contributed by atoms with Crippen LogP contribution in [0.15, 0.2) is 18.3 Å². The Bertz CT molecular complexity index is 1150. The van der Waals surface area contributed by atoms with Crippen molar-refractivity contribution in [2.75, 3.05) is 19.8 Å². The first-order valence-electron chi connectivity index (χ1n) is 23.7. The largest absolute Gasteiger partial charge is 0.490 e. The molecule has 1 N–H and O–H groups in total. The molecule has 1 aromatic carbocycles. The van der Waals surface area contributed by atoms with Gasteiger partial charge >= 0.3 is 5.97 Å². The van der Waals surface area contributed by atoms with Crippen molar-refractivity contribution < 1.29 is 24.1 Å². The lowest BCUT2D eigenvalue weighted by atomic mass is 10.1. The summed E-state index contributed by atoms with van der Waals surface area (Å²) in [5.74, 6) is 1.38. The van der Waals surface area contributed by atoms with Crippen LogP contribution in [-0.4, -0.2) is 45.9 Å². The molecule has 2 aromatic rings. The van der Waals surface area contributed by atoms with Crippen molar-refractivity contribution in [3.8, 4) is 17.2 Å². The molecule has 56 heavy (non-hydrogen) atoms. The van der Waals surface area contributed by atoms with Crippen LogP contribution in [0, 0.1) is 0 Å². The molecule has 322 valence electrons. The Morgan fingerprint density at radius 3 is 1.27 bits per heavy atom. The summed E-state index contributed by atoms with van der Waals surface area (Å²) in [6.07, 6.45) is 40.8. The zero-order chi connectivity index (χ0) is 40.2. The first-order valence-corrected chi connectivity index (χ1v) is 23.7. The lowest BCUT2D eigenvalue weighted by molar-refractivity contribution is -0.136. The topological polar surface area (TPSA) is 95.7 Å². The monoisotopic (exact) mass is 784 g/mol. The second kappa shape index (κ2) is 35.4. The van der Waals surface area contributed by atoms with E-state index in [1.807, 2.05) is 6.20 Å². The number of aromatic nitrogens is 3. The second-order valence-electron chi connectivity index (χ2n) is 16.3. The van der Waals surface area contributed by atoms with Crippen molar-refractivity contribution in [3.05, 3.63) is 29.6 Å². The zero-order valence-corrected chi connectivity index (χ0v) is 36.6. The van der Waals surface area contributed by atoms with Crippen LogP contribution in [0.2, 0.25) is 0 Å². The smallest absolute Gasteiger partial charge is 0.303 e. The summed E-state index contributed by atoms with van der Waals surface area (Å²) in [6, 6.07) is 4.16. The number of ether oxygens (including phenoxy) is 3. The Morgan fingerprint density at radius 2 is 0.893 bits per heavy atom. The van der Waals surface area contributed by atoms with Crippen molar-refractivity contribution in [2.45, 2.75) is 233 Å². The van der Waals surface area contributed by atoms with Crippen LogP contribution in [0.5, 0.6) is 17.2 Å². The molecule has 0 amide bonds. The number of hydrogen-bond acceptors (Lipinski definition) is 6. The highest BCUT2D eigenvalue weighted by atomic mass is 16.5. The van der Waals surface area contributed by atoms with E-state index in [9.17, 15) is 4.79 Å². The number of aryl methyl sites for hydroxylation is 1. The van der Waals surface area contributed by atoms with Crippen LogP contribution in [0.4, 0.5) is 0 Å². The maximum atomic E-state index is 11.1. The van der Waals surface area contributed by atoms with Crippen LogP contribution in [-0.2, 0) is 17.8 Å². The van der Waals surface area contributed by atoms with Gasteiger partial charge in [-0.2, -0.15) is 0 Å². The van der Waals surface area contributed by atoms with Gasteiger partial charge in [0.25, 0.3) is 0 Å². The predicted octanol–water partition coefficient (Wildman–Crippen LogP) is 14.2. The van der Waals surface area contributed by atoms with Crippen LogP contribution in [0.1, 0.15) is 231 Å². The highest BCUT2D eigenvalue weighted by Gasteiger charge is 2.17. The average Bonchev–Trinajstić information content (AvgIpc) is 3.64. The summed E-state index contributed by atoms with van der Waals surface area (Å²) in [5, 5.41) is 17.7. The molecule has 0 saturated heterocycles.